The highest BCUT2D eigenvalue weighted by atomic mass is 32.2. The minimum absolute atomic E-state index is 0.194. The minimum atomic E-state index is -3.45. The van der Waals surface area contributed by atoms with Crippen LogP contribution in [-0.2, 0) is 14.6 Å². The molecule has 0 spiro atoms. The molecule has 3 fully saturated rings. The summed E-state index contributed by atoms with van der Waals surface area (Å²) in [5, 5.41) is 28.5. The highest BCUT2D eigenvalue weighted by Crippen LogP contribution is 2.46. The number of nitrogens with one attached hydrogen (secondary N) is 1. The third-order valence-corrected chi connectivity index (χ3v) is 10.8. The molecule has 0 aromatic carbocycles. The SMILES string of the molecule is O=CN1CCC(O)(C2CCC(Nc3nccc(N4C5=CCCCC5CC4C4(O)C=CS(=O)(=O)C=C4)n3)CC2)CC1. The van der Waals surface area contributed by atoms with Gasteiger partial charge in [-0.05, 0) is 88.3 Å². The van der Waals surface area contributed by atoms with Gasteiger partial charge in [0, 0.05) is 47.8 Å². The average molecular weight is 570 g/mol. The molecule has 1 aromatic rings. The summed E-state index contributed by atoms with van der Waals surface area (Å²) >= 11 is 0. The molecule has 216 valence electrons. The number of rotatable bonds is 6. The van der Waals surface area contributed by atoms with E-state index in [9.17, 15) is 23.4 Å². The first-order chi connectivity index (χ1) is 19.2. The van der Waals surface area contributed by atoms with E-state index >= 15 is 0 Å². The first kappa shape index (κ1) is 27.4. The van der Waals surface area contributed by atoms with Crippen LogP contribution in [0.15, 0.2) is 47.0 Å². The first-order valence-corrected chi connectivity index (χ1v) is 16.2. The molecule has 2 saturated heterocycles. The van der Waals surface area contributed by atoms with E-state index in [1.165, 1.54) is 12.2 Å². The Kier molecular flexibility index (Phi) is 7.25. The van der Waals surface area contributed by atoms with Gasteiger partial charge in [-0.1, -0.05) is 6.08 Å². The van der Waals surface area contributed by atoms with Gasteiger partial charge in [0.2, 0.25) is 12.4 Å². The van der Waals surface area contributed by atoms with Gasteiger partial charge in [0.1, 0.15) is 11.4 Å². The smallest absolute Gasteiger partial charge is 0.224 e. The number of piperidine rings is 1. The van der Waals surface area contributed by atoms with E-state index in [0.717, 1.165) is 67.9 Å². The Labute approximate surface area is 235 Å². The first-order valence-electron chi connectivity index (χ1n) is 14.5. The second-order valence-electron chi connectivity index (χ2n) is 12.1. The summed E-state index contributed by atoms with van der Waals surface area (Å²) in [6.45, 7) is 1.23. The lowest BCUT2D eigenvalue weighted by molar-refractivity contribution is -0.125. The minimum Gasteiger partial charge on any atom is -0.389 e. The normalized spacial score (nSPS) is 32.3. The van der Waals surface area contributed by atoms with Crippen LogP contribution in [0, 0.1) is 11.8 Å². The molecule has 3 N–H and O–H groups in total. The molecular weight excluding hydrogens is 530 g/mol. The van der Waals surface area contributed by atoms with Crippen LogP contribution >= 0.6 is 0 Å². The Bertz CT molecular complexity index is 1290. The number of hydrogen-bond acceptors (Lipinski definition) is 9. The monoisotopic (exact) mass is 569 g/mol. The number of amides is 1. The van der Waals surface area contributed by atoms with Crippen molar-refractivity contribution in [3.63, 3.8) is 0 Å². The van der Waals surface area contributed by atoms with E-state index < -0.39 is 21.0 Å². The maximum absolute atomic E-state index is 12.0. The van der Waals surface area contributed by atoms with Gasteiger partial charge >= 0.3 is 0 Å². The molecule has 2 unspecified atom stereocenters. The molecule has 1 amide bonds. The molecule has 2 aliphatic carbocycles. The second-order valence-corrected chi connectivity index (χ2v) is 13.9. The summed E-state index contributed by atoms with van der Waals surface area (Å²) in [4.78, 5) is 24.3. The second kappa shape index (κ2) is 10.6. The standard InChI is InChI=1S/C29H39N5O5S/c35-20-33-15-10-28(36,11-16-33)22-5-7-23(8-6-22)31-27-30-14-9-26(32-27)34-24-4-2-1-3-21(24)19-25(34)29(37)12-17-40(38,39)18-13-29/h4,9,12-14,17-18,20-23,25,36-37H,1-3,5-8,10-11,15-16,19H2,(H,30,31,32). The van der Waals surface area contributed by atoms with Crippen molar-refractivity contribution in [2.24, 2.45) is 11.8 Å². The number of carbonyl (C=O) groups is 1. The number of hydrogen-bond donors (Lipinski definition) is 3. The molecule has 1 aromatic heterocycles. The van der Waals surface area contributed by atoms with Crippen molar-refractivity contribution in [1.82, 2.24) is 14.9 Å². The fourth-order valence-corrected chi connectivity index (χ4v) is 8.28. The molecule has 10 nitrogen and oxygen atoms in total. The molecule has 5 aliphatic rings. The van der Waals surface area contributed by atoms with Crippen molar-refractivity contribution in [3.8, 4) is 0 Å². The van der Waals surface area contributed by atoms with Crippen LogP contribution in [-0.4, -0.2) is 76.3 Å². The molecule has 4 heterocycles. The molecule has 2 atom stereocenters. The predicted octanol–water partition coefficient (Wildman–Crippen LogP) is 2.88. The van der Waals surface area contributed by atoms with Crippen molar-refractivity contribution in [3.05, 3.63) is 47.0 Å². The van der Waals surface area contributed by atoms with Gasteiger partial charge in [0.15, 0.2) is 9.84 Å². The Hall–Kier alpha value is -2.76. The van der Waals surface area contributed by atoms with Crippen molar-refractivity contribution in [2.75, 3.05) is 23.3 Å². The lowest BCUT2D eigenvalue weighted by atomic mass is 9.71. The van der Waals surface area contributed by atoms with Gasteiger partial charge in [-0.25, -0.2) is 13.4 Å². The fourth-order valence-electron chi connectivity index (χ4n) is 7.37. The molecule has 1 saturated carbocycles. The van der Waals surface area contributed by atoms with E-state index in [1.54, 1.807) is 11.1 Å². The summed E-state index contributed by atoms with van der Waals surface area (Å²) in [7, 11) is -3.45. The zero-order valence-corrected chi connectivity index (χ0v) is 23.5. The van der Waals surface area contributed by atoms with Crippen LogP contribution in [0.25, 0.3) is 0 Å². The predicted molar refractivity (Wildman–Crippen MR) is 152 cm³/mol. The van der Waals surface area contributed by atoms with Crippen LogP contribution in [0.3, 0.4) is 0 Å². The summed E-state index contributed by atoms with van der Waals surface area (Å²) in [5.41, 5.74) is -0.987. The van der Waals surface area contributed by atoms with Gasteiger partial charge in [-0.15, -0.1) is 0 Å². The number of aromatic nitrogens is 2. The lowest BCUT2D eigenvalue weighted by Gasteiger charge is -2.44. The van der Waals surface area contributed by atoms with E-state index in [-0.39, 0.29) is 23.9 Å². The number of likely N-dealkylation sites (tertiary alicyclic amines) is 1. The Morgan fingerprint density at radius 2 is 1.77 bits per heavy atom. The van der Waals surface area contributed by atoms with Gasteiger partial charge < -0.3 is 25.3 Å². The van der Waals surface area contributed by atoms with E-state index in [0.29, 0.717) is 44.1 Å². The van der Waals surface area contributed by atoms with Crippen molar-refractivity contribution >= 4 is 28.0 Å². The summed E-state index contributed by atoms with van der Waals surface area (Å²) in [6.07, 6.45) is 16.3. The summed E-state index contributed by atoms with van der Waals surface area (Å²) in [6, 6.07) is 1.67. The Morgan fingerprint density at radius 1 is 1.05 bits per heavy atom. The molecule has 0 bridgehead atoms. The number of allylic oxidation sites excluding steroid dienone is 2. The lowest BCUT2D eigenvalue weighted by Crippen LogP contribution is -2.50. The highest BCUT2D eigenvalue weighted by Gasteiger charge is 2.48. The quantitative estimate of drug-likeness (QED) is 0.442. The van der Waals surface area contributed by atoms with E-state index in [4.69, 9.17) is 4.98 Å². The van der Waals surface area contributed by atoms with Gasteiger partial charge in [-0.2, -0.15) is 4.98 Å². The van der Waals surface area contributed by atoms with Gasteiger partial charge in [-0.3, -0.25) is 4.79 Å². The van der Waals surface area contributed by atoms with Crippen molar-refractivity contribution < 1.29 is 23.4 Å². The van der Waals surface area contributed by atoms with Gasteiger partial charge in [0.25, 0.3) is 0 Å². The average Bonchev–Trinajstić information content (AvgIpc) is 3.36. The third kappa shape index (κ3) is 5.31. The van der Waals surface area contributed by atoms with Crippen LogP contribution in [0.4, 0.5) is 11.8 Å². The van der Waals surface area contributed by atoms with Crippen LogP contribution in [0.2, 0.25) is 0 Å². The summed E-state index contributed by atoms with van der Waals surface area (Å²) < 4.78 is 24.0. The molecule has 40 heavy (non-hydrogen) atoms. The maximum Gasteiger partial charge on any atom is 0.224 e. The largest absolute Gasteiger partial charge is 0.389 e. The number of anilines is 2. The zero-order valence-electron chi connectivity index (χ0n) is 22.7. The molecule has 6 rings (SSSR count). The maximum atomic E-state index is 12.0. The van der Waals surface area contributed by atoms with E-state index in [1.807, 2.05) is 6.07 Å². The fraction of sp³-hybridized carbons (Fsp3) is 0.621. The number of fused-ring (bicyclic) bond motifs is 1. The van der Waals surface area contributed by atoms with E-state index in [2.05, 4.69) is 21.3 Å². The topological polar surface area (TPSA) is 136 Å². The number of sulfone groups is 1. The molecule has 11 heteroatoms. The number of nitrogens with zero attached hydrogens (tertiary/aromatic N) is 4. The Balaban J connectivity index is 1.16. The highest BCUT2D eigenvalue weighted by molar-refractivity contribution is 7.97. The molecular formula is C29H39N5O5S. The Morgan fingerprint density at radius 3 is 2.48 bits per heavy atom. The zero-order chi connectivity index (χ0) is 28.0. The number of carbonyl (C=O) groups excluding carboxylic acids is 1. The van der Waals surface area contributed by atoms with Crippen molar-refractivity contribution in [1.29, 1.82) is 0 Å². The third-order valence-electron chi connectivity index (χ3n) is 9.73. The number of aliphatic hydroxyl groups is 2. The van der Waals surface area contributed by atoms with Gasteiger partial charge in [0.05, 0.1) is 11.6 Å². The molecule has 3 aliphatic heterocycles. The summed E-state index contributed by atoms with van der Waals surface area (Å²) in [5.74, 6) is 1.73. The molecule has 0 radical (unpaired) electrons. The van der Waals surface area contributed by atoms with Crippen LogP contribution in [0.5, 0.6) is 0 Å². The van der Waals surface area contributed by atoms with Crippen LogP contribution < -0.4 is 10.2 Å². The van der Waals surface area contributed by atoms with Crippen LogP contribution in [0.1, 0.15) is 64.2 Å². The van der Waals surface area contributed by atoms with Crippen molar-refractivity contribution in [2.45, 2.75) is 87.5 Å².